The number of hydrogen-bond acceptors (Lipinski definition) is 8. The van der Waals surface area contributed by atoms with Gasteiger partial charge in [0.1, 0.15) is 11.2 Å². The number of carbonyl (C=O) groups is 1. The highest BCUT2D eigenvalue weighted by molar-refractivity contribution is 5.97. The molecule has 0 aliphatic carbocycles. The molecule has 11 heteroatoms. The van der Waals surface area contributed by atoms with Gasteiger partial charge < -0.3 is 20.1 Å². The first-order chi connectivity index (χ1) is 18.3. The Morgan fingerprint density at radius 2 is 1.87 bits per heavy atom. The Kier molecular flexibility index (Phi) is 5.79. The fourth-order valence-corrected chi connectivity index (χ4v) is 4.54. The number of pyridine rings is 3. The van der Waals surface area contributed by atoms with Gasteiger partial charge in [-0.25, -0.2) is 9.97 Å². The summed E-state index contributed by atoms with van der Waals surface area (Å²) in [5.41, 5.74) is 5.77. The molecule has 38 heavy (non-hydrogen) atoms. The molecule has 0 bridgehead atoms. The van der Waals surface area contributed by atoms with E-state index in [2.05, 4.69) is 52.3 Å². The third kappa shape index (κ3) is 4.45. The Bertz CT molecular complexity index is 1640. The number of nitrogens with zero attached hydrogens (tertiary/aromatic N) is 7. The quantitative estimate of drug-likeness (QED) is 0.334. The third-order valence-electron chi connectivity index (χ3n) is 6.86. The predicted molar refractivity (Wildman–Crippen MR) is 148 cm³/mol. The minimum absolute atomic E-state index is 0.0774. The van der Waals surface area contributed by atoms with E-state index in [1.54, 1.807) is 18.6 Å². The first-order valence-corrected chi connectivity index (χ1v) is 12.7. The molecular formula is C27H30N10O. The number of fused-ring (bicyclic) bond motifs is 2. The minimum atomic E-state index is -0.509. The van der Waals surface area contributed by atoms with Crippen molar-refractivity contribution in [2.24, 2.45) is 5.41 Å². The van der Waals surface area contributed by atoms with E-state index in [1.165, 1.54) is 0 Å². The second-order valence-electron chi connectivity index (χ2n) is 10.8. The van der Waals surface area contributed by atoms with Crippen LogP contribution >= 0.6 is 0 Å². The second-order valence-corrected chi connectivity index (χ2v) is 10.8. The molecule has 1 saturated heterocycles. The fourth-order valence-electron chi connectivity index (χ4n) is 4.54. The van der Waals surface area contributed by atoms with Gasteiger partial charge in [0.25, 0.3) is 0 Å². The van der Waals surface area contributed by atoms with Gasteiger partial charge in [-0.15, -0.1) is 0 Å². The van der Waals surface area contributed by atoms with Gasteiger partial charge in [-0.3, -0.25) is 19.9 Å². The first-order valence-electron chi connectivity index (χ1n) is 12.7. The van der Waals surface area contributed by atoms with Crippen LogP contribution in [0, 0.1) is 5.41 Å². The average Bonchev–Trinajstić information content (AvgIpc) is 3.52. The number of H-pyrrole nitrogens is 2. The van der Waals surface area contributed by atoms with Crippen molar-refractivity contribution in [1.82, 2.24) is 40.0 Å². The molecule has 194 valence electrons. The highest BCUT2D eigenvalue weighted by Gasteiger charge is 2.22. The van der Waals surface area contributed by atoms with Gasteiger partial charge in [0.05, 0.1) is 35.0 Å². The molecule has 0 radical (unpaired) electrons. The van der Waals surface area contributed by atoms with Gasteiger partial charge in [0, 0.05) is 54.9 Å². The fraction of sp³-hybridized carbons (Fsp3) is 0.333. The molecule has 1 amide bonds. The molecule has 0 spiro atoms. The van der Waals surface area contributed by atoms with E-state index >= 15 is 0 Å². The van der Waals surface area contributed by atoms with Crippen LogP contribution < -0.4 is 10.2 Å². The molecule has 0 aromatic carbocycles. The van der Waals surface area contributed by atoms with Gasteiger partial charge in [-0.1, -0.05) is 20.8 Å². The Morgan fingerprint density at radius 3 is 2.66 bits per heavy atom. The van der Waals surface area contributed by atoms with Crippen LogP contribution in [-0.4, -0.2) is 79.2 Å². The average molecular weight is 511 g/mol. The van der Waals surface area contributed by atoms with Crippen LogP contribution in [0.4, 0.5) is 11.4 Å². The summed E-state index contributed by atoms with van der Waals surface area (Å²) >= 11 is 0. The van der Waals surface area contributed by atoms with E-state index in [0.29, 0.717) is 28.5 Å². The van der Waals surface area contributed by atoms with Crippen molar-refractivity contribution >= 4 is 39.3 Å². The van der Waals surface area contributed by atoms with Crippen LogP contribution in [0.15, 0.2) is 43.0 Å². The van der Waals surface area contributed by atoms with Crippen molar-refractivity contribution < 1.29 is 4.79 Å². The SMILES string of the molecule is CN1CCN(c2ccnc3nc(-c4n[nH]c5cnc(-c6cncc(NC(=O)C(C)(C)C)c6)cc45)[nH]c23)CC1. The van der Waals surface area contributed by atoms with Crippen LogP contribution in [0.1, 0.15) is 20.8 Å². The van der Waals surface area contributed by atoms with E-state index in [9.17, 15) is 4.79 Å². The lowest BCUT2D eigenvalue weighted by Crippen LogP contribution is -2.44. The molecular weight excluding hydrogens is 480 g/mol. The van der Waals surface area contributed by atoms with Gasteiger partial charge in [0.2, 0.25) is 5.91 Å². The van der Waals surface area contributed by atoms with Crippen molar-refractivity contribution in [3.63, 3.8) is 0 Å². The molecule has 1 fully saturated rings. The standard InChI is InChI=1S/C27H30N10O/c1-27(2,3)26(38)31-17-11-16(13-28-14-17)19-12-18-20(15-30-19)34-35-22(18)25-32-23-21(5-6-29-24(23)33-25)37-9-7-36(4)8-10-37/h5-6,11-15H,7-10H2,1-4H3,(H,31,38)(H,34,35)(H,29,32,33). The maximum absolute atomic E-state index is 12.4. The van der Waals surface area contributed by atoms with Gasteiger partial charge in [0.15, 0.2) is 11.5 Å². The maximum atomic E-state index is 12.4. The van der Waals surface area contributed by atoms with Crippen LogP contribution in [-0.2, 0) is 4.79 Å². The number of likely N-dealkylation sites (N-methyl/N-ethyl adjacent to an activating group) is 1. The number of piperazine rings is 1. The Hall–Kier alpha value is -4.38. The molecule has 11 nitrogen and oxygen atoms in total. The first kappa shape index (κ1) is 24.0. The summed E-state index contributed by atoms with van der Waals surface area (Å²) in [6, 6.07) is 5.87. The van der Waals surface area contributed by atoms with Crippen molar-refractivity contribution in [1.29, 1.82) is 0 Å². The zero-order valence-electron chi connectivity index (χ0n) is 21.9. The normalized spacial score (nSPS) is 14.9. The number of anilines is 2. The number of aromatic nitrogens is 7. The summed E-state index contributed by atoms with van der Waals surface area (Å²) in [5.74, 6) is 0.563. The molecule has 6 rings (SSSR count). The molecule has 5 aromatic rings. The zero-order valence-corrected chi connectivity index (χ0v) is 21.9. The van der Waals surface area contributed by atoms with Crippen molar-refractivity contribution in [2.45, 2.75) is 20.8 Å². The van der Waals surface area contributed by atoms with Gasteiger partial charge >= 0.3 is 0 Å². The monoisotopic (exact) mass is 510 g/mol. The third-order valence-corrected chi connectivity index (χ3v) is 6.86. The summed E-state index contributed by atoms with van der Waals surface area (Å²) in [4.78, 5) is 38.8. The van der Waals surface area contributed by atoms with E-state index in [1.807, 2.05) is 45.2 Å². The molecule has 1 aliphatic heterocycles. The smallest absolute Gasteiger partial charge is 0.229 e. The van der Waals surface area contributed by atoms with Gasteiger partial charge in [-0.2, -0.15) is 5.10 Å². The summed E-state index contributed by atoms with van der Waals surface area (Å²) in [5, 5.41) is 11.4. The molecule has 6 heterocycles. The summed E-state index contributed by atoms with van der Waals surface area (Å²) in [7, 11) is 2.15. The number of imidazole rings is 1. The number of rotatable bonds is 4. The predicted octanol–water partition coefficient (Wildman–Crippen LogP) is 3.69. The summed E-state index contributed by atoms with van der Waals surface area (Å²) in [6.07, 6.45) is 6.92. The molecule has 5 aromatic heterocycles. The van der Waals surface area contributed by atoms with Crippen molar-refractivity contribution in [2.75, 3.05) is 43.4 Å². The molecule has 1 aliphatic rings. The highest BCUT2D eigenvalue weighted by atomic mass is 16.2. The van der Waals surface area contributed by atoms with E-state index in [0.717, 1.165) is 53.8 Å². The largest absolute Gasteiger partial charge is 0.367 e. The van der Waals surface area contributed by atoms with Crippen LogP contribution in [0.25, 0.3) is 44.8 Å². The van der Waals surface area contributed by atoms with Crippen molar-refractivity contribution in [3.05, 3.63) is 43.0 Å². The maximum Gasteiger partial charge on any atom is 0.229 e. The number of aromatic amines is 2. The van der Waals surface area contributed by atoms with E-state index in [4.69, 9.17) is 4.98 Å². The molecule has 0 unspecified atom stereocenters. The number of nitrogens with one attached hydrogen (secondary N) is 3. The summed E-state index contributed by atoms with van der Waals surface area (Å²) < 4.78 is 0. The Balaban J connectivity index is 1.35. The van der Waals surface area contributed by atoms with Crippen molar-refractivity contribution in [3.8, 4) is 22.8 Å². The van der Waals surface area contributed by atoms with E-state index < -0.39 is 5.41 Å². The number of carbonyl (C=O) groups excluding carboxylic acids is 1. The van der Waals surface area contributed by atoms with Crippen LogP contribution in [0.3, 0.4) is 0 Å². The Labute approximate surface area is 219 Å². The summed E-state index contributed by atoms with van der Waals surface area (Å²) in [6.45, 7) is 9.55. The zero-order chi connectivity index (χ0) is 26.4. The van der Waals surface area contributed by atoms with Crippen LogP contribution in [0.2, 0.25) is 0 Å². The lowest BCUT2D eigenvalue weighted by atomic mass is 9.95. The molecule has 3 N–H and O–H groups in total. The molecule has 0 saturated carbocycles. The highest BCUT2D eigenvalue weighted by Crippen LogP contribution is 2.32. The second kappa shape index (κ2) is 9.18. The lowest BCUT2D eigenvalue weighted by molar-refractivity contribution is -0.123. The topological polar surface area (TPSA) is 132 Å². The van der Waals surface area contributed by atoms with E-state index in [-0.39, 0.29) is 5.91 Å². The molecule has 0 atom stereocenters. The lowest BCUT2D eigenvalue weighted by Gasteiger charge is -2.34. The van der Waals surface area contributed by atoms with Gasteiger partial charge in [-0.05, 0) is 25.2 Å². The van der Waals surface area contributed by atoms with Crippen LogP contribution in [0.5, 0.6) is 0 Å². The number of hydrogen-bond donors (Lipinski definition) is 3. The Morgan fingerprint density at radius 1 is 1.05 bits per heavy atom. The minimum Gasteiger partial charge on any atom is -0.367 e. The number of amides is 1.